The normalized spacial score (nSPS) is 12.7. The molecule has 3 rings (SSSR count). The number of benzene rings is 1. The largest absolute Gasteiger partial charge is 1.00 e. The zero-order valence-corrected chi connectivity index (χ0v) is 24.0. The molecule has 1 N–H and O–H groups in total. The number of azo groups is 1. The van der Waals surface area contributed by atoms with Gasteiger partial charge in [-0.05, 0) is 25.0 Å². The van der Waals surface area contributed by atoms with Crippen molar-refractivity contribution in [3.63, 3.8) is 0 Å². The molecule has 3 aromatic rings. The monoisotopic (exact) mass is 607 g/mol. The number of phenols is 1. The van der Waals surface area contributed by atoms with Gasteiger partial charge in [0.15, 0.2) is 5.75 Å². The van der Waals surface area contributed by atoms with E-state index >= 15 is 0 Å². The van der Waals surface area contributed by atoms with E-state index < -0.39 is 26.1 Å². The summed E-state index contributed by atoms with van der Waals surface area (Å²) >= 11 is 13.1. The number of rotatable bonds is 5. The molecule has 194 valence electrons. The van der Waals surface area contributed by atoms with E-state index in [0.717, 1.165) is 11.1 Å². The van der Waals surface area contributed by atoms with Gasteiger partial charge in [0, 0.05) is 15.9 Å². The van der Waals surface area contributed by atoms with Gasteiger partial charge in [0.2, 0.25) is 10.0 Å². The summed E-state index contributed by atoms with van der Waals surface area (Å²) in [7, 11) is -2.91. The third-order valence-electron chi connectivity index (χ3n) is 4.47. The smallest absolute Gasteiger partial charge is 0.505 e. The molecule has 0 aliphatic rings. The second kappa shape index (κ2) is 10.3. The van der Waals surface area contributed by atoms with Crippen LogP contribution in [0.5, 0.6) is 5.75 Å². The van der Waals surface area contributed by atoms with Crippen molar-refractivity contribution in [2.24, 2.45) is 17.3 Å². The number of sulfonamides is 1. The summed E-state index contributed by atoms with van der Waals surface area (Å²) < 4.78 is 31.4. The molecule has 0 atom stereocenters. The van der Waals surface area contributed by atoms with Gasteiger partial charge in [-0.25, -0.2) is 8.42 Å². The van der Waals surface area contributed by atoms with Crippen molar-refractivity contribution in [2.45, 2.75) is 57.3 Å². The van der Waals surface area contributed by atoms with Crippen molar-refractivity contribution in [3.8, 4) is 5.75 Å². The molecule has 35 heavy (non-hydrogen) atoms. The Balaban J connectivity index is 0.00000432. The van der Waals surface area contributed by atoms with Crippen LogP contribution in [0, 0.1) is 0 Å². The van der Waals surface area contributed by atoms with Crippen molar-refractivity contribution >= 4 is 61.2 Å². The molecule has 0 fully saturated rings. The molecule has 0 amide bonds. The number of hydrogen-bond donors (Lipinski definition) is 1. The summed E-state index contributed by atoms with van der Waals surface area (Å²) in [5, 5.41) is 32.2. The summed E-state index contributed by atoms with van der Waals surface area (Å²) in [5.74, 6) is -0.732. The number of nitrogens with zero attached hydrogens (tertiary/aromatic N) is 7. The van der Waals surface area contributed by atoms with Crippen LogP contribution in [-0.2, 0) is 45.0 Å². The van der Waals surface area contributed by atoms with Gasteiger partial charge >= 0.3 is 17.1 Å². The van der Waals surface area contributed by atoms with E-state index in [-0.39, 0.29) is 44.0 Å². The minimum Gasteiger partial charge on any atom is -0.505 e. The number of aromatic hydroxyl groups is 1. The van der Waals surface area contributed by atoms with Crippen molar-refractivity contribution in [1.29, 1.82) is 0 Å². The first-order chi connectivity index (χ1) is 15.5. The van der Waals surface area contributed by atoms with Crippen molar-refractivity contribution < 1.29 is 30.6 Å². The standard InChI is InChI=1S/C20H24Cl2N7O3S2.Cu/c1-19(2,3)15-13(23-25-18-26-24-17(33-18)20(4,5)6)16(29(7)27-15)28-34(31,32)12-9-10(21)8-11(22)14(12)30;/h8-9H,1-7H3,(H-,25,26,27,28,30);/q-1;+1. The first-order valence-electron chi connectivity index (χ1n) is 10.00. The number of hydrogen-bond acceptors (Lipinski definition) is 9. The van der Waals surface area contributed by atoms with Crippen molar-refractivity contribution in [1.82, 2.24) is 20.0 Å². The average Bonchev–Trinajstić information content (AvgIpc) is 3.28. The Morgan fingerprint density at radius 3 is 2.23 bits per heavy atom. The second-order valence-electron chi connectivity index (χ2n) is 9.53. The maximum Gasteiger partial charge on any atom is 1.00 e. The molecule has 0 aliphatic heterocycles. The predicted molar refractivity (Wildman–Crippen MR) is 133 cm³/mol. The van der Waals surface area contributed by atoms with E-state index in [1.165, 1.54) is 29.1 Å². The van der Waals surface area contributed by atoms with Gasteiger partial charge in [0.05, 0.1) is 10.7 Å². The van der Waals surface area contributed by atoms with Crippen LogP contribution in [0.25, 0.3) is 4.72 Å². The molecular formula is C20H24Cl2CuN7O3S2. The second-order valence-corrected chi connectivity index (χ2v) is 12.9. The van der Waals surface area contributed by atoms with Crippen LogP contribution in [0.15, 0.2) is 27.3 Å². The van der Waals surface area contributed by atoms with Crippen LogP contribution in [0.1, 0.15) is 52.2 Å². The Hall–Kier alpha value is -1.76. The van der Waals surface area contributed by atoms with Crippen LogP contribution in [-0.4, -0.2) is 33.5 Å². The maximum atomic E-state index is 13.1. The summed E-state index contributed by atoms with van der Waals surface area (Å²) in [4.78, 5) is -0.537. The minimum atomic E-state index is -4.45. The molecule has 0 bridgehead atoms. The third-order valence-corrected chi connectivity index (χ3v) is 7.49. The molecule has 0 saturated carbocycles. The fraction of sp³-hybridized carbons (Fsp3) is 0.450. The third kappa shape index (κ3) is 6.52. The van der Waals surface area contributed by atoms with Gasteiger partial charge in [-0.15, -0.1) is 20.4 Å². The topological polar surface area (TPSA) is 137 Å². The van der Waals surface area contributed by atoms with Crippen LogP contribution in [0.2, 0.25) is 10.0 Å². The summed E-state index contributed by atoms with van der Waals surface area (Å²) in [6.07, 6.45) is 0. The molecule has 15 heteroatoms. The SMILES string of the molecule is Cn1nc(C(C)(C)C)c(N=Nc2nnc(C(C)(C)C)s2)c1[N-]S(=O)(=O)c1cc(Cl)cc(Cl)c1O.[Cu+]. The molecule has 2 heterocycles. The molecule has 1 aromatic carbocycles. The number of phenolic OH excluding ortho intramolecular Hbond substituents is 1. The van der Waals surface area contributed by atoms with Crippen LogP contribution in [0.4, 0.5) is 16.6 Å². The number of halogens is 2. The molecule has 0 aliphatic carbocycles. The van der Waals surface area contributed by atoms with E-state index in [4.69, 9.17) is 23.2 Å². The first kappa shape index (κ1) is 29.5. The Morgan fingerprint density at radius 1 is 1.06 bits per heavy atom. The maximum absolute atomic E-state index is 13.1. The van der Waals surface area contributed by atoms with Crippen molar-refractivity contribution in [3.05, 3.63) is 37.6 Å². The predicted octanol–water partition coefficient (Wildman–Crippen LogP) is 6.69. The molecule has 0 spiro atoms. The number of aryl methyl sites for hydroxylation is 1. The number of aromatic nitrogens is 4. The van der Waals surface area contributed by atoms with Crippen LogP contribution < -0.4 is 0 Å². The Kier molecular flexibility index (Phi) is 8.68. The van der Waals surface area contributed by atoms with E-state index in [1.807, 2.05) is 41.5 Å². The van der Waals surface area contributed by atoms with Gasteiger partial charge in [0.1, 0.15) is 15.6 Å². The molecule has 0 unspecified atom stereocenters. The average molecular weight is 609 g/mol. The van der Waals surface area contributed by atoms with E-state index in [0.29, 0.717) is 10.8 Å². The van der Waals surface area contributed by atoms with Gasteiger partial charge in [-0.1, -0.05) is 76.1 Å². The molecule has 0 radical (unpaired) electrons. The van der Waals surface area contributed by atoms with Crippen molar-refractivity contribution in [2.75, 3.05) is 0 Å². The summed E-state index contributed by atoms with van der Waals surface area (Å²) in [5.41, 5.74) is -0.0890. The molecule has 0 saturated heterocycles. The fourth-order valence-electron chi connectivity index (χ4n) is 2.76. The quantitative estimate of drug-likeness (QED) is 0.253. The Morgan fingerprint density at radius 2 is 1.69 bits per heavy atom. The molecule has 10 nitrogen and oxygen atoms in total. The van der Waals surface area contributed by atoms with Crippen LogP contribution >= 0.6 is 34.5 Å². The minimum absolute atomic E-state index is 0. The molecule has 2 aromatic heterocycles. The molecular weight excluding hydrogens is 585 g/mol. The summed E-state index contributed by atoms with van der Waals surface area (Å²) in [6.45, 7) is 11.7. The Bertz CT molecular complexity index is 1370. The van der Waals surface area contributed by atoms with E-state index in [9.17, 15) is 13.5 Å². The van der Waals surface area contributed by atoms with Gasteiger partial charge in [0.25, 0.3) is 5.13 Å². The fourth-order valence-corrected chi connectivity index (χ4v) is 5.26. The van der Waals surface area contributed by atoms with Gasteiger partial charge in [-0.2, -0.15) is 0 Å². The van der Waals surface area contributed by atoms with Crippen LogP contribution in [0.3, 0.4) is 0 Å². The van der Waals surface area contributed by atoms with E-state index in [2.05, 4.69) is 30.2 Å². The summed E-state index contributed by atoms with van der Waals surface area (Å²) in [6, 6.07) is 2.30. The first-order valence-corrected chi connectivity index (χ1v) is 13.0. The van der Waals surface area contributed by atoms with Gasteiger partial charge in [-0.3, -0.25) is 5.10 Å². The van der Waals surface area contributed by atoms with E-state index in [1.54, 1.807) is 0 Å². The zero-order valence-electron chi connectivity index (χ0n) is 19.9. The Labute approximate surface area is 228 Å². The zero-order chi connectivity index (χ0) is 25.6. The van der Waals surface area contributed by atoms with Gasteiger partial charge < -0.3 is 14.5 Å².